The molecular formula is C14H29N3O2. The summed E-state index contributed by atoms with van der Waals surface area (Å²) >= 11 is 0. The van der Waals surface area contributed by atoms with Crippen LogP contribution in [0, 0.1) is 11.3 Å². The molecule has 1 aliphatic rings. The topological polar surface area (TPSA) is 79.9 Å². The zero-order valence-electron chi connectivity index (χ0n) is 12.3. The van der Waals surface area contributed by atoms with Gasteiger partial charge in [-0.05, 0) is 38.1 Å². The smallest absolute Gasteiger partial charge is 0.144 e. The lowest BCUT2D eigenvalue weighted by Gasteiger charge is -2.22. The second-order valence-corrected chi connectivity index (χ2v) is 6.09. The lowest BCUT2D eigenvalue weighted by Crippen LogP contribution is -2.32. The van der Waals surface area contributed by atoms with Crippen molar-refractivity contribution in [2.45, 2.75) is 46.0 Å². The van der Waals surface area contributed by atoms with E-state index in [-0.39, 0.29) is 5.41 Å². The number of unbranched alkanes of at least 4 members (excludes halogenated alkanes) is 1. The maximum absolute atomic E-state index is 8.67. The Morgan fingerprint density at radius 1 is 1.37 bits per heavy atom. The minimum atomic E-state index is -0.220. The number of oxime groups is 1. The fourth-order valence-electron chi connectivity index (χ4n) is 1.88. The first-order chi connectivity index (χ1) is 9.06. The maximum Gasteiger partial charge on any atom is 0.144 e. The molecule has 0 amide bonds. The zero-order chi connectivity index (χ0) is 14.1. The van der Waals surface area contributed by atoms with E-state index in [0.717, 1.165) is 51.5 Å². The molecular weight excluding hydrogens is 242 g/mol. The summed E-state index contributed by atoms with van der Waals surface area (Å²) in [5, 5.41) is 15.1. The maximum atomic E-state index is 8.67. The van der Waals surface area contributed by atoms with Gasteiger partial charge in [-0.2, -0.15) is 0 Å². The number of nitrogens with two attached hydrogens (primary N) is 1. The van der Waals surface area contributed by atoms with Gasteiger partial charge in [0.15, 0.2) is 0 Å². The molecule has 1 rings (SSSR count). The lowest BCUT2D eigenvalue weighted by molar-refractivity contribution is 0.126. The van der Waals surface area contributed by atoms with E-state index in [4.69, 9.17) is 15.7 Å². The van der Waals surface area contributed by atoms with Gasteiger partial charge in [-0.3, -0.25) is 0 Å². The summed E-state index contributed by atoms with van der Waals surface area (Å²) in [7, 11) is 0. The number of amidine groups is 1. The summed E-state index contributed by atoms with van der Waals surface area (Å²) in [6.07, 6.45) is 5.81. The predicted octanol–water partition coefficient (Wildman–Crippen LogP) is 1.95. The molecule has 112 valence electrons. The Kier molecular flexibility index (Phi) is 7.16. The van der Waals surface area contributed by atoms with Gasteiger partial charge >= 0.3 is 0 Å². The minimum absolute atomic E-state index is 0.220. The molecule has 0 heterocycles. The minimum Gasteiger partial charge on any atom is -0.409 e. The Labute approximate surface area is 116 Å². The Morgan fingerprint density at radius 2 is 2.11 bits per heavy atom. The van der Waals surface area contributed by atoms with Crippen LogP contribution in [-0.4, -0.2) is 37.3 Å². The van der Waals surface area contributed by atoms with Crippen molar-refractivity contribution in [2.24, 2.45) is 22.2 Å². The van der Waals surface area contributed by atoms with Crippen molar-refractivity contribution in [3.8, 4) is 0 Å². The van der Waals surface area contributed by atoms with Crippen LogP contribution in [0.1, 0.15) is 46.0 Å². The van der Waals surface area contributed by atoms with Crippen LogP contribution in [0.3, 0.4) is 0 Å². The molecule has 1 saturated carbocycles. The van der Waals surface area contributed by atoms with Gasteiger partial charge < -0.3 is 21.0 Å². The molecule has 0 radical (unpaired) electrons. The van der Waals surface area contributed by atoms with E-state index >= 15 is 0 Å². The fraction of sp³-hybridized carbons (Fsp3) is 0.929. The third kappa shape index (κ3) is 7.38. The van der Waals surface area contributed by atoms with Crippen molar-refractivity contribution < 1.29 is 9.94 Å². The summed E-state index contributed by atoms with van der Waals surface area (Å²) in [4.78, 5) is 0. The molecule has 0 spiro atoms. The molecule has 19 heavy (non-hydrogen) atoms. The average molecular weight is 271 g/mol. The van der Waals surface area contributed by atoms with Crippen molar-refractivity contribution >= 4 is 5.84 Å². The van der Waals surface area contributed by atoms with E-state index in [2.05, 4.69) is 10.5 Å². The zero-order valence-corrected chi connectivity index (χ0v) is 12.3. The molecule has 5 heteroatoms. The molecule has 0 saturated heterocycles. The molecule has 0 aliphatic heterocycles. The average Bonchev–Trinajstić information content (AvgIpc) is 3.19. The van der Waals surface area contributed by atoms with E-state index in [1.165, 1.54) is 12.8 Å². The van der Waals surface area contributed by atoms with Crippen molar-refractivity contribution in [3.05, 3.63) is 0 Å². The summed E-state index contributed by atoms with van der Waals surface area (Å²) in [6.45, 7) is 7.68. The van der Waals surface area contributed by atoms with Crippen molar-refractivity contribution in [1.29, 1.82) is 0 Å². The SMILES string of the molecule is CC(C)(CCCCNCCOCC1CC1)C(N)=NO. The van der Waals surface area contributed by atoms with E-state index < -0.39 is 0 Å². The van der Waals surface area contributed by atoms with Gasteiger partial charge in [0.25, 0.3) is 0 Å². The highest BCUT2D eigenvalue weighted by molar-refractivity contribution is 5.85. The van der Waals surface area contributed by atoms with Gasteiger partial charge in [-0.1, -0.05) is 25.4 Å². The van der Waals surface area contributed by atoms with Crippen LogP contribution in [-0.2, 0) is 4.74 Å². The second-order valence-electron chi connectivity index (χ2n) is 6.09. The lowest BCUT2D eigenvalue weighted by atomic mass is 9.86. The number of ether oxygens (including phenoxy) is 1. The number of nitrogens with zero attached hydrogens (tertiary/aromatic N) is 1. The van der Waals surface area contributed by atoms with Gasteiger partial charge in [0, 0.05) is 18.6 Å². The summed E-state index contributed by atoms with van der Waals surface area (Å²) in [5.74, 6) is 1.16. The first-order valence-electron chi connectivity index (χ1n) is 7.33. The third-order valence-electron chi connectivity index (χ3n) is 3.68. The highest BCUT2D eigenvalue weighted by Gasteiger charge is 2.22. The molecule has 0 aromatic carbocycles. The van der Waals surface area contributed by atoms with Gasteiger partial charge in [0.05, 0.1) is 6.61 Å². The second kappa shape index (κ2) is 8.38. The molecule has 0 bridgehead atoms. The quantitative estimate of drug-likeness (QED) is 0.176. The largest absolute Gasteiger partial charge is 0.409 e. The van der Waals surface area contributed by atoms with Crippen LogP contribution < -0.4 is 11.1 Å². The first-order valence-corrected chi connectivity index (χ1v) is 7.33. The molecule has 0 unspecified atom stereocenters. The number of hydrogen-bond acceptors (Lipinski definition) is 4. The third-order valence-corrected chi connectivity index (χ3v) is 3.68. The monoisotopic (exact) mass is 271 g/mol. The molecule has 0 aromatic rings. The Balaban J connectivity index is 1.87. The number of rotatable bonds is 11. The molecule has 1 aliphatic carbocycles. The van der Waals surface area contributed by atoms with E-state index in [0.29, 0.717) is 5.84 Å². The number of nitrogens with one attached hydrogen (secondary N) is 1. The predicted molar refractivity (Wildman–Crippen MR) is 77.5 cm³/mol. The summed E-state index contributed by atoms with van der Waals surface area (Å²) in [5.41, 5.74) is 5.42. The standard InChI is InChI=1S/C14H29N3O2/c1-14(2,13(15)17-18)7-3-4-8-16-9-10-19-11-12-5-6-12/h12,16,18H,3-11H2,1-2H3,(H2,15,17). The van der Waals surface area contributed by atoms with Crippen LogP contribution in [0.2, 0.25) is 0 Å². The Hall–Kier alpha value is -0.810. The van der Waals surface area contributed by atoms with Crippen LogP contribution in [0.25, 0.3) is 0 Å². The normalized spacial score (nSPS) is 16.8. The van der Waals surface area contributed by atoms with Crippen molar-refractivity contribution in [2.75, 3.05) is 26.3 Å². The fourth-order valence-corrected chi connectivity index (χ4v) is 1.88. The molecule has 0 atom stereocenters. The van der Waals surface area contributed by atoms with Gasteiger partial charge in [0.2, 0.25) is 0 Å². The highest BCUT2D eigenvalue weighted by atomic mass is 16.5. The van der Waals surface area contributed by atoms with Gasteiger partial charge in [0.1, 0.15) is 5.84 Å². The summed E-state index contributed by atoms with van der Waals surface area (Å²) in [6, 6.07) is 0. The summed E-state index contributed by atoms with van der Waals surface area (Å²) < 4.78 is 5.54. The first kappa shape index (κ1) is 16.2. The van der Waals surface area contributed by atoms with Crippen molar-refractivity contribution in [3.63, 3.8) is 0 Å². The Bertz CT molecular complexity index is 276. The van der Waals surface area contributed by atoms with E-state index in [1.54, 1.807) is 0 Å². The molecule has 4 N–H and O–H groups in total. The highest BCUT2D eigenvalue weighted by Crippen LogP contribution is 2.28. The number of hydrogen-bond donors (Lipinski definition) is 3. The molecule has 5 nitrogen and oxygen atoms in total. The van der Waals surface area contributed by atoms with Crippen molar-refractivity contribution in [1.82, 2.24) is 5.32 Å². The molecule has 1 fully saturated rings. The van der Waals surface area contributed by atoms with Crippen LogP contribution >= 0.6 is 0 Å². The van der Waals surface area contributed by atoms with E-state index in [9.17, 15) is 0 Å². The van der Waals surface area contributed by atoms with Crippen LogP contribution in [0.5, 0.6) is 0 Å². The van der Waals surface area contributed by atoms with Crippen LogP contribution in [0.15, 0.2) is 5.16 Å². The van der Waals surface area contributed by atoms with E-state index in [1.807, 2.05) is 13.8 Å². The Morgan fingerprint density at radius 3 is 2.74 bits per heavy atom. The van der Waals surface area contributed by atoms with Gasteiger partial charge in [-0.25, -0.2) is 0 Å². The van der Waals surface area contributed by atoms with Gasteiger partial charge in [-0.15, -0.1) is 0 Å². The van der Waals surface area contributed by atoms with Crippen LogP contribution in [0.4, 0.5) is 0 Å². The molecule has 0 aromatic heterocycles.